The Morgan fingerprint density at radius 2 is 2.00 bits per heavy atom. The number of aliphatic hydroxyl groups excluding tert-OH is 1. The van der Waals surface area contributed by atoms with E-state index in [1.54, 1.807) is 0 Å². The molecule has 128 valence electrons. The third kappa shape index (κ3) is 2.90. The van der Waals surface area contributed by atoms with Gasteiger partial charge in [0, 0.05) is 31.1 Å². The summed E-state index contributed by atoms with van der Waals surface area (Å²) in [5.41, 5.74) is 6.64. The molecule has 4 rings (SSSR count). The van der Waals surface area contributed by atoms with Crippen LogP contribution in [0, 0.1) is 5.41 Å². The summed E-state index contributed by atoms with van der Waals surface area (Å²) in [4.78, 5) is 2.31. The van der Waals surface area contributed by atoms with E-state index in [1.807, 2.05) is 24.3 Å². The molecule has 1 aliphatic heterocycles. The number of rotatable bonds is 5. The van der Waals surface area contributed by atoms with E-state index in [4.69, 9.17) is 10.5 Å². The summed E-state index contributed by atoms with van der Waals surface area (Å²) in [5, 5.41) is 12.6. The highest BCUT2D eigenvalue weighted by atomic mass is 16.5. The molecule has 2 atom stereocenters. The van der Waals surface area contributed by atoms with Gasteiger partial charge < -0.3 is 15.6 Å². The van der Waals surface area contributed by atoms with Crippen molar-refractivity contribution in [3.8, 4) is 5.75 Å². The Bertz CT molecular complexity index is 708. The Balaban J connectivity index is 1.34. The van der Waals surface area contributed by atoms with Crippen LogP contribution in [0.4, 0.5) is 0 Å². The van der Waals surface area contributed by atoms with Crippen molar-refractivity contribution in [2.75, 3.05) is 26.2 Å². The molecule has 0 radical (unpaired) electrons. The van der Waals surface area contributed by atoms with E-state index in [0.717, 1.165) is 29.6 Å². The van der Waals surface area contributed by atoms with Gasteiger partial charge in [-0.1, -0.05) is 42.8 Å². The van der Waals surface area contributed by atoms with E-state index in [9.17, 15) is 5.11 Å². The monoisotopic (exact) mass is 326 g/mol. The number of ether oxygens (including phenoxy) is 1. The van der Waals surface area contributed by atoms with E-state index in [1.165, 1.54) is 19.3 Å². The molecule has 24 heavy (non-hydrogen) atoms. The molecule has 4 heteroatoms. The van der Waals surface area contributed by atoms with E-state index in [0.29, 0.717) is 18.6 Å². The number of aliphatic hydroxyl groups is 1. The Morgan fingerprint density at radius 1 is 1.21 bits per heavy atom. The van der Waals surface area contributed by atoms with Crippen LogP contribution in [0.3, 0.4) is 0 Å². The van der Waals surface area contributed by atoms with Crippen LogP contribution in [0.1, 0.15) is 19.3 Å². The van der Waals surface area contributed by atoms with Gasteiger partial charge in [-0.3, -0.25) is 4.90 Å². The van der Waals surface area contributed by atoms with Gasteiger partial charge in [0.05, 0.1) is 0 Å². The van der Waals surface area contributed by atoms with Crippen LogP contribution in [0.15, 0.2) is 42.5 Å². The molecule has 2 unspecified atom stereocenters. The zero-order valence-corrected chi connectivity index (χ0v) is 14.0. The molecule has 2 aliphatic rings. The Labute approximate surface area is 143 Å². The highest BCUT2D eigenvalue weighted by molar-refractivity contribution is 5.88. The van der Waals surface area contributed by atoms with Crippen molar-refractivity contribution in [2.24, 2.45) is 11.1 Å². The lowest BCUT2D eigenvalue weighted by atomic mass is 9.66. The molecule has 1 spiro atoms. The maximum absolute atomic E-state index is 10.4. The normalized spacial score (nSPS) is 24.2. The maximum atomic E-state index is 10.4. The van der Waals surface area contributed by atoms with Crippen LogP contribution in [-0.2, 0) is 0 Å². The molecule has 2 aromatic carbocycles. The number of β-amino-alcohol motifs (C(OH)–C–C–N with tert-alkyl or cyclic N) is 1. The number of nitrogens with two attached hydrogens (primary N) is 1. The highest BCUT2D eigenvalue weighted by Gasteiger charge is 2.48. The lowest BCUT2D eigenvalue weighted by molar-refractivity contribution is 0.0642. The summed E-state index contributed by atoms with van der Waals surface area (Å²) in [6, 6.07) is 14.4. The predicted molar refractivity (Wildman–Crippen MR) is 96.1 cm³/mol. The first-order valence-electron chi connectivity index (χ1n) is 8.93. The average Bonchev–Trinajstić information content (AvgIpc) is 2.89. The van der Waals surface area contributed by atoms with Crippen LogP contribution < -0.4 is 10.5 Å². The van der Waals surface area contributed by atoms with Crippen LogP contribution in [0.5, 0.6) is 5.75 Å². The molecule has 1 saturated carbocycles. The summed E-state index contributed by atoms with van der Waals surface area (Å²) >= 11 is 0. The minimum atomic E-state index is -0.494. The Morgan fingerprint density at radius 3 is 2.75 bits per heavy atom. The summed E-state index contributed by atoms with van der Waals surface area (Å²) < 4.78 is 5.90. The maximum Gasteiger partial charge on any atom is 0.127 e. The molecule has 1 saturated heterocycles. The number of hydrogen-bond acceptors (Lipinski definition) is 4. The van der Waals surface area contributed by atoms with E-state index >= 15 is 0 Å². The van der Waals surface area contributed by atoms with Gasteiger partial charge in [-0.2, -0.15) is 0 Å². The minimum Gasteiger partial charge on any atom is -0.490 e. The number of likely N-dealkylation sites (tertiary alicyclic amines) is 1. The molecular formula is C20H26N2O2. The molecule has 1 aliphatic carbocycles. The third-order valence-electron chi connectivity index (χ3n) is 5.78. The second-order valence-corrected chi connectivity index (χ2v) is 7.46. The fourth-order valence-electron chi connectivity index (χ4n) is 4.26. The van der Waals surface area contributed by atoms with Crippen molar-refractivity contribution < 1.29 is 9.84 Å². The zero-order chi connectivity index (χ0) is 16.6. The molecule has 2 aromatic rings. The predicted octanol–water partition coefficient (Wildman–Crippen LogP) is 2.39. The van der Waals surface area contributed by atoms with Gasteiger partial charge in [0.2, 0.25) is 0 Å². The SMILES string of the molecule is NC1CN(CC(O)COc2cccc3ccccc23)CC12CCC2. The lowest BCUT2D eigenvalue weighted by Crippen LogP contribution is -2.45. The summed E-state index contributed by atoms with van der Waals surface area (Å²) in [6.45, 7) is 2.87. The van der Waals surface area contributed by atoms with Gasteiger partial charge in [0.15, 0.2) is 0 Å². The molecule has 0 amide bonds. The lowest BCUT2D eigenvalue weighted by Gasteiger charge is -2.41. The third-order valence-corrected chi connectivity index (χ3v) is 5.78. The molecule has 0 bridgehead atoms. The molecule has 2 fully saturated rings. The van der Waals surface area contributed by atoms with Gasteiger partial charge in [0.1, 0.15) is 18.5 Å². The van der Waals surface area contributed by atoms with Crippen molar-refractivity contribution in [1.82, 2.24) is 4.90 Å². The average molecular weight is 326 g/mol. The summed E-state index contributed by atoms with van der Waals surface area (Å²) in [7, 11) is 0. The van der Waals surface area contributed by atoms with E-state index in [-0.39, 0.29) is 6.04 Å². The molecule has 1 heterocycles. The Hall–Kier alpha value is -1.62. The fraction of sp³-hybridized carbons (Fsp3) is 0.500. The van der Waals surface area contributed by atoms with Gasteiger partial charge in [0.25, 0.3) is 0 Å². The first kappa shape index (κ1) is 15.9. The quantitative estimate of drug-likeness (QED) is 0.886. The number of hydrogen-bond donors (Lipinski definition) is 2. The largest absolute Gasteiger partial charge is 0.490 e. The molecular weight excluding hydrogens is 300 g/mol. The van der Waals surface area contributed by atoms with Crippen molar-refractivity contribution >= 4 is 10.8 Å². The zero-order valence-electron chi connectivity index (χ0n) is 14.0. The number of nitrogens with zero attached hydrogens (tertiary/aromatic N) is 1. The van der Waals surface area contributed by atoms with Gasteiger partial charge in [-0.25, -0.2) is 0 Å². The van der Waals surface area contributed by atoms with Gasteiger partial charge in [-0.15, -0.1) is 0 Å². The van der Waals surface area contributed by atoms with Crippen molar-refractivity contribution in [1.29, 1.82) is 0 Å². The van der Waals surface area contributed by atoms with Crippen LogP contribution in [-0.4, -0.2) is 48.4 Å². The molecule has 3 N–H and O–H groups in total. The summed E-state index contributed by atoms with van der Waals surface area (Å²) in [5.74, 6) is 0.834. The van der Waals surface area contributed by atoms with Gasteiger partial charge >= 0.3 is 0 Å². The highest BCUT2D eigenvalue weighted by Crippen LogP contribution is 2.47. The second-order valence-electron chi connectivity index (χ2n) is 7.46. The standard InChI is InChI=1S/C20H26N2O2/c21-19-12-22(14-20(19)9-4-10-20)11-16(23)13-24-18-8-3-6-15-5-1-2-7-17(15)18/h1-3,5-8,16,19,23H,4,9-14,21H2. The molecule has 4 nitrogen and oxygen atoms in total. The second kappa shape index (κ2) is 6.36. The van der Waals surface area contributed by atoms with E-state index in [2.05, 4.69) is 23.1 Å². The first-order chi connectivity index (χ1) is 11.7. The minimum absolute atomic E-state index is 0.262. The van der Waals surface area contributed by atoms with Crippen LogP contribution in [0.25, 0.3) is 10.8 Å². The van der Waals surface area contributed by atoms with Crippen LogP contribution in [0.2, 0.25) is 0 Å². The van der Waals surface area contributed by atoms with Crippen LogP contribution >= 0.6 is 0 Å². The topological polar surface area (TPSA) is 58.7 Å². The van der Waals surface area contributed by atoms with Crippen molar-refractivity contribution in [2.45, 2.75) is 31.4 Å². The number of fused-ring (bicyclic) bond motifs is 1. The smallest absolute Gasteiger partial charge is 0.127 e. The van der Waals surface area contributed by atoms with E-state index < -0.39 is 6.10 Å². The summed E-state index contributed by atoms with van der Waals surface area (Å²) in [6.07, 6.45) is 3.29. The fourth-order valence-corrected chi connectivity index (χ4v) is 4.26. The Kier molecular flexibility index (Phi) is 4.21. The van der Waals surface area contributed by atoms with Crippen molar-refractivity contribution in [3.63, 3.8) is 0 Å². The first-order valence-corrected chi connectivity index (χ1v) is 8.93. The van der Waals surface area contributed by atoms with Crippen molar-refractivity contribution in [3.05, 3.63) is 42.5 Å². The number of benzene rings is 2. The van der Waals surface area contributed by atoms with Gasteiger partial charge in [-0.05, 0) is 29.7 Å². The molecule has 0 aromatic heterocycles.